The fraction of sp³-hybridized carbons (Fsp3) is 0.167. The number of carbonyl (C=O) groups excluding carboxylic acids is 2. The lowest BCUT2D eigenvalue weighted by Crippen LogP contribution is -2.15. The minimum atomic E-state index is -0.0514. The molecule has 3 rings (SSSR count). The Hall–Kier alpha value is -3.05. The van der Waals surface area contributed by atoms with Crippen LogP contribution in [0.2, 0.25) is 0 Å². The number of hydrogen-bond donors (Lipinski definition) is 2. The van der Waals surface area contributed by atoms with Crippen LogP contribution in [0.1, 0.15) is 16.7 Å². The Morgan fingerprint density at radius 1 is 0.793 bits per heavy atom. The van der Waals surface area contributed by atoms with Crippen molar-refractivity contribution < 1.29 is 9.59 Å². The average Bonchev–Trinajstić information content (AvgIpc) is 2.71. The van der Waals surface area contributed by atoms with Crippen molar-refractivity contribution in [3.05, 3.63) is 89.5 Å². The van der Waals surface area contributed by atoms with Gasteiger partial charge in [0.15, 0.2) is 0 Å². The van der Waals surface area contributed by atoms with Crippen LogP contribution in [0.4, 0.5) is 11.4 Å². The van der Waals surface area contributed by atoms with Crippen LogP contribution >= 0.6 is 11.8 Å². The molecule has 2 N–H and O–H groups in total. The third-order valence-corrected chi connectivity index (χ3v) is 5.61. The van der Waals surface area contributed by atoms with Crippen LogP contribution in [0.5, 0.6) is 0 Å². The summed E-state index contributed by atoms with van der Waals surface area (Å²) in [6.45, 7) is 4.03. The molecule has 148 valence electrons. The zero-order chi connectivity index (χ0) is 20.6. The summed E-state index contributed by atoms with van der Waals surface area (Å²) in [4.78, 5) is 25.4. The topological polar surface area (TPSA) is 58.2 Å². The summed E-state index contributed by atoms with van der Waals surface area (Å²) in [5.74, 6) is 0.237. The molecule has 0 unspecified atom stereocenters. The molecule has 0 radical (unpaired) electrons. The van der Waals surface area contributed by atoms with Gasteiger partial charge in [-0.15, -0.1) is 11.8 Å². The van der Waals surface area contributed by atoms with Gasteiger partial charge in [-0.2, -0.15) is 0 Å². The Kier molecular flexibility index (Phi) is 7.09. The first-order valence-corrected chi connectivity index (χ1v) is 10.4. The van der Waals surface area contributed by atoms with E-state index in [1.54, 1.807) is 0 Å². The van der Waals surface area contributed by atoms with E-state index in [4.69, 9.17) is 0 Å². The van der Waals surface area contributed by atoms with Crippen LogP contribution in [-0.4, -0.2) is 17.6 Å². The van der Waals surface area contributed by atoms with Crippen LogP contribution in [-0.2, 0) is 16.0 Å². The zero-order valence-corrected chi connectivity index (χ0v) is 17.4. The molecule has 0 saturated heterocycles. The van der Waals surface area contributed by atoms with Gasteiger partial charge in [0.25, 0.3) is 0 Å². The van der Waals surface area contributed by atoms with E-state index in [0.29, 0.717) is 12.2 Å². The van der Waals surface area contributed by atoms with E-state index in [0.717, 1.165) is 33.0 Å². The van der Waals surface area contributed by atoms with E-state index in [9.17, 15) is 9.59 Å². The van der Waals surface area contributed by atoms with Gasteiger partial charge in [0.2, 0.25) is 11.8 Å². The highest BCUT2D eigenvalue weighted by molar-refractivity contribution is 8.00. The van der Waals surface area contributed by atoms with Crippen molar-refractivity contribution in [1.29, 1.82) is 0 Å². The number of rotatable bonds is 7. The molecule has 0 aromatic heterocycles. The predicted octanol–water partition coefficient (Wildman–Crippen LogP) is 5.22. The summed E-state index contributed by atoms with van der Waals surface area (Å²) in [5.41, 5.74) is 4.82. The molecule has 0 atom stereocenters. The van der Waals surface area contributed by atoms with E-state index in [1.165, 1.54) is 11.8 Å². The fourth-order valence-electron chi connectivity index (χ4n) is 2.84. The number of hydrogen-bond acceptors (Lipinski definition) is 3. The van der Waals surface area contributed by atoms with Gasteiger partial charge in [0.05, 0.1) is 12.2 Å². The molecule has 0 aliphatic heterocycles. The largest absolute Gasteiger partial charge is 0.326 e. The monoisotopic (exact) mass is 404 g/mol. The molecule has 0 spiro atoms. The lowest BCUT2D eigenvalue weighted by Gasteiger charge is -2.10. The van der Waals surface area contributed by atoms with E-state index in [1.807, 2.05) is 86.6 Å². The molecule has 0 fully saturated rings. The lowest BCUT2D eigenvalue weighted by atomic mass is 10.1. The zero-order valence-electron chi connectivity index (χ0n) is 16.6. The third kappa shape index (κ3) is 6.22. The molecular formula is C24H24N2O2S. The first kappa shape index (κ1) is 20.7. The van der Waals surface area contributed by atoms with E-state index < -0.39 is 0 Å². The van der Waals surface area contributed by atoms with Crippen LogP contribution in [0.25, 0.3) is 0 Å². The Morgan fingerprint density at radius 3 is 2.24 bits per heavy atom. The van der Waals surface area contributed by atoms with Crippen molar-refractivity contribution in [2.24, 2.45) is 0 Å². The van der Waals surface area contributed by atoms with Crippen LogP contribution in [0.3, 0.4) is 0 Å². The van der Waals surface area contributed by atoms with Crippen molar-refractivity contribution in [3.63, 3.8) is 0 Å². The maximum Gasteiger partial charge on any atom is 0.234 e. The lowest BCUT2D eigenvalue weighted by molar-refractivity contribution is -0.115. The summed E-state index contributed by atoms with van der Waals surface area (Å²) in [7, 11) is 0. The number of carbonyl (C=O) groups is 2. The molecule has 0 saturated carbocycles. The van der Waals surface area contributed by atoms with Gasteiger partial charge in [-0.3, -0.25) is 9.59 Å². The number of aryl methyl sites for hydroxylation is 1. The molecule has 0 aliphatic rings. The van der Waals surface area contributed by atoms with Crippen molar-refractivity contribution in [2.75, 3.05) is 16.4 Å². The smallest absolute Gasteiger partial charge is 0.234 e. The van der Waals surface area contributed by atoms with Crippen molar-refractivity contribution in [1.82, 2.24) is 0 Å². The van der Waals surface area contributed by atoms with Gasteiger partial charge in [-0.05, 0) is 60.9 Å². The first-order chi connectivity index (χ1) is 14.0. The minimum absolute atomic E-state index is 0.0380. The maximum absolute atomic E-state index is 12.2. The number of benzene rings is 3. The second kappa shape index (κ2) is 9.94. The van der Waals surface area contributed by atoms with Gasteiger partial charge >= 0.3 is 0 Å². The van der Waals surface area contributed by atoms with E-state index in [-0.39, 0.29) is 11.8 Å². The first-order valence-electron chi connectivity index (χ1n) is 9.44. The normalized spacial score (nSPS) is 10.4. The molecule has 0 bridgehead atoms. The average molecular weight is 405 g/mol. The summed E-state index contributed by atoms with van der Waals surface area (Å²) < 4.78 is 0. The highest BCUT2D eigenvalue weighted by Gasteiger charge is 2.08. The number of thioether (sulfide) groups is 1. The molecule has 2 amide bonds. The predicted molar refractivity (Wildman–Crippen MR) is 120 cm³/mol. The standard InChI is InChI=1S/C24H24N2O2S/c1-17-7-6-10-22(18(17)2)26-24(28)16-29-21-13-11-20(12-14-21)25-23(27)15-19-8-4-3-5-9-19/h3-14H,15-16H2,1-2H3,(H,25,27)(H,26,28). The van der Waals surface area contributed by atoms with Crippen molar-refractivity contribution >= 4 is 35.0 Å². The third-order valence-electron chi connectivity index (χ3n) is 4.59. The molecule has 0 aliphatic carbocycles. The van der Waals surface area contributed by atoms with Crippen LogP contribution in [0, 0.1) is 13.8 Å². The highest BCUT2D eigenvalue weighted by atomic mass is 32.2. The summed E-state index contributed by atoms with van der Waals surface area (Å²) >= 11 is 1.46. The quantitative estimate of drug-likeness (QED) is 0.531. The van der Waals surface area contributed by atoms with Crippen molar-refractivity contribution in [2.45, 2.75) is 25.2 Å². The van der Waals surface area contributed by atoms with Crippen molar-refractivity contribution in [3.8, 4) is 0 Å². The summed E-state index contributed by atoms with van der Waals surface area (Å²) in [6.07, 6.45) is 0.343. The molecule has 0 heterocycles. The SMILES string of the molecule is Cc1cccc(NC(=O)CSc2ccc(NC(=O)Cc3ccccc3)cc2)c1C. The van der Waals surface area contributed by atoms with Gasteiger partial charge in [-0.25, -0.2) is 0 Å². The second-order valence-corrected chi connectivity index (χ2v) is 7.87. The Morgan fingerprint density at radius 2 is 1.52 bits per heavy atom. The Balaban J connectivity index is 1.48. The van der Waals surface area contributed by atoms with Gasteiger partial charge in [0.1, 0.15) is 0 Å². The van der Waals surface area contributed by atoms with E-state index >= 15 is 0 Å². The molecular weight excluding hydrogens is 380 g/mol. The minimum Gasteiger partial charge on any atom is -0.326 e. The van der Waals surface area contributed by atoms with E-state index in [2.05, 4.69) is 10.6 Å². The number of nitrogens with one attached hydrogen (secondary N) is 2. The Labute approximate surface area is 175 Å². The van der Waals surface area contributed by atoms with Crippen LogP contribution < -0.4 is 10.6 Å². The molecule has 29 heavy (non-hydrogen) atoms. The van der Waals surface area contributed by atoms with Gasteiger partial charge in [0, 0.05) is 16.3 Å². The fourth-order valence-corrected chi connectivity index (χ4v) is 3.54. The molecule has 4 nitrogen and oxygen atoms in total. The number of anilines is 2. The molecule has 3 aromatic rings. The van der Waals surface area contributed by atoms with Gasteiger partial charge < -0.3 is 10.6 Å². The molecule has 3 aromatic carbocycles. The molecule has 5 heteroatoms. The highest BCUT2D eigenvalue weighted by Crippen LogP contribution is 2.22. The second-order valence-electron chi connectivity index (χ2n) is 6.82. The number of amides is 2. The maximum atomic E-state index is 12.2. The van der Waals surface area contributed by atoms with Crippen LogP contribution in [0.15, 0.2) is 77.7 Å². The van der Waals surface area contributed by atoms with Gasteiger partial charge in [-0.1, -0.05) is 42.5 Å². The summed E-state index contributed by atoms with van der Waals surface area (Å²) in [5, 5.41) is 5.86. The Bertz CT molecular complexity index is 986. The summed E-state index contributed by atoms with van der Waals surface area (Å²) in [6, 6.07) is 23.1.